The summed E-state index contributed by atoms with van der Waals surface area (Å²) in [6.07, 6.45) is -2.14. The molecule has 0 saturated heterocycles. The van der Waals surface area contributed by atoms with Crippen molar-refractivity contribution in [1.82, 2.24) is 0 Å². The van der Waals surface area contributed by atoms with Crippen LogP contribution in [0.3, 0.4) is 0 Å². The van der Waals surface area contributed by atoms with Crippen LogP contribution in [-0.4, -0.2) is 30.2 Å². The lowest BCUT2D eigenvalue weighted by Crippen LogP contribution is -2.11. The van der Waals surface area contributed by atoms with E-state index in [1.54, 1.807) is 26.4 Å². The summed E-state index contributed by atoms with van der Waals surface area (Å²) in [5.41, 5.74) is 12.6. The number of rotatable bonds is 8. The highest BCUT2D eigenvalue weighted by molar-refractivity contribution is 6.34. The van der Waals surface area contributed by atoms with Gasteiger partial charge in [-0.2, -0.15) is 26.3 Å². The van der Waals surface area contributed by atoms with Crippen LogP contribution < -0.4 is 4.74 Å². The summed E-state index contributed by atoms with van der Waals surface area (Å²) in [4.78, 5) is 49.1. The lowest BCUT2D eigenvalue weighted by molar-refractivity contribution is -0.143. The van der Waals surface area contributed by atoms with Gasteiger partial charge in [0.15, 0.2) is 23.1 Å². The summed E-state index contributed by atoms with van der Waals surface area (Å²) < 4.78 is 89.6. The van der Waals surface area contributed by atoms with Crippen molar-refractivity contribution in [2.24, 2.45) is 23.7 Å². The standard InChI is InChI=1S/C20H16F6O.C18H18O2.C17H16O2.C16H13ClO/c1-3-11-8-16-15(5-4-10(2)17(16)18(11)27)12-6-13(19(21,22)23)9-14(7-12)20(24,25)26;1-11-8-15(13-4-6-14(20-3)7-5-13)16-10-12(2)18(19)17(16)9-11;1-3-11-7-8-13-14(10-12(4-2)17(13)18)16(11)15-6-5-9-19-15;1-10-9-13-12(16(10)18)7-8-14(17)15(13)11-5-3-2-4-6-11/h4-7,9,11H,3,8H2,1-2H3;4-9,12H,10H2,1-3H3;3,5-9,12H,1,4,10H2,2H3;2-8,10H,9H2,1H3. The quantitative estimate of drug-likeness (QED) is 0.141. The fourth-order valence-electron chi connectivity index (χ4n) is 12.0. The first kappa shape index (κ1) is 60.5. The van der Waals surface area contributed by atoms with Gasteiger partial charge in [-0.3, -0.25) is 19.2 Å². The van der Waals surface area contributed by atoms with Crippen molar-refractivity contribution in [2.75, 3.05) is 7.11 Å². The second-order valence-corrected chi connectivity index (χ2v) is 22.4. The van der Waals surface area contributed by atoms with E-state index in [0.717, 1.165) is 103 Å². The minimum absolute atomic E-state index is 0.0703. The Morgan fingerprint density at radius 3 is 1.68 bits per heavy atom. The number of fused-ring (bicyclic) bond motifs is 4. The average Bonchev–Trinajstić information content (AvgIpc) is 2.21. The molecule has 7 aromatic carbocycles. The van der Waals surface area contributed by atoms with Crippen LogP contribution in [0, 0.1) is 37.5 Å². The maximum Gasteiger partial charge on any atom is 0.416 e. The van der Waals surface area contributed by atoms with Gasteiger partial charge in [0.25, 0.3) is 0 Å². The zero-order valence-corrected chi connectivity index (χ0v) is 48.5. The normalized spacial score (nSPS) is 17.5. The molecule has 0 spiro atoms. The SMILES string of the molecule is C=Cc1ccc2c(c1-c1ccco1)CC(CC)C2=O.CC1Cc2c(ccc(Cl)c2-c2ccccc2)C1=O.CCC1Cc2c(-c3cc(C(F)(F)F)cc(C(F)(F)F)c3)ccc(C)c2C1=O.COc1ccc(-c2cc(C)cc3c2CC(C)C3=O)cc1. The van der Waals surface area contributed by atoms with Gasteiger partial charge in [0, 0.05) is 62.1 Å². The first-order valence-electron chi connectivity index (χ1n) is 28.0. The third kappa shape index (κ3) is 12.1. The Morgan fingerprint density at radius 1 is 0.548 bits per heavy atom. The van der Waals surface area contributed by atoms with Crippen LogP contribution in [0.2, 0.25) is 5.02 Å². The van der Waals surface area contributed by atoms with Gasteiger partial charge in [0.2, 0.25) is 0 Å². The molecule has 6 nitrogen and oxygen atoms in total. The van der Waals surface area contributed by atoms with Crippen molar-refractivity contribution in [1.29, 1.82) is 0 Å². The minimum Gasteiger partial charge on any atom is -0.497 e. The number of carbonyl (C=O) groups excluding carboxylic acids is 4. The molecule has 84 heavy (non-hydrogen) atoms. The molecule has 0 fully saturated rings. The Morgan fingerprint density at radius 2 is 1.10 bits per heavy atom. The first-order valence-corrected chi connectivity index (χ1v) is 28.4. The van der Waals surface area contributed by atoms with Crippen molar-refractivity contribution in [3.05, 3.63) is 224 Å². The Kier molecular flexibility index (Phi) is 17.7. The fraction of sp³-hybridized carbons (Fsp3) is 0.268. The van der Waals surface area contributed by atoms with E-state index in [4.69, 9.17) is 20.8 Å². The number of benzene rings is 7. The smallest absolute Gasteiger partial charge is 0.416 e. The summed E-state index contributed by atoms with van der Waals surface area (Å²) in [5.74, 6) is 2.33. The average molecular weight is 1160 g/mol. The fourth-order valence-corrected chi connectivity index (χ4v) is 12.3. The molecule has 4 unspecified atom stereocenters. The number of hydrogen-bond acceptors (Lipinski definition) is 6. The number of hydrogen-bond donors (Lipinski definition) is 0. The molecule has 1 aromatic heterocycles. The zero-order chi connectivity index (χ0) is 60.5. The summed E-state index contributed by atoms with van der Waals surface area (Å²) in [6.45, 7) is 15.5. The largest absolute Gasteiger partial charge is 0.497 e. The number of methoxy groups -OCH3 is 1. The molecular weight excluding hydrogens is 1100 g/mol. The number of aryl methyl sites for hydroxylation is 2. The number of furan rings is 1. The van der Waals surface area contributed by atoms with Crippen LogP contribution in [-0.2, 0) is 38.0 Å². The van der Waals surface area contributed by atoms with Gasteiger partial charge in [0.1, 0.15) is 11.5 Å². The molecule has 0 bridgehead atoms. The van der Waals surface area contributed by atoms with E-state index < -0.39 is 23.5 Å². The van der Waals surface area contributed by atoms with E-state index in [0.29, 0.717) is 41.7 Å². The number of ketones is 4. The maximum atomic E-state index is 13.1. The summed E-state index contributed by atoms with van der Waals surface area (Å²) in [7, 11) is 1.67. The van der Waals surface area contributed by atoms with Crippen LogP contribution >= 0.6 is 11.6 Å². The predicted octanol–water partition coefficient (Wildman–Crippen LogP) is 19.2. The van der Waals surface area contributed by atoms with Gasteiger partial charge in [-0.25, -0.2) is 0 Å². The number of alkyl halides is 6. The van der Waals surface area contributed by atoms with Crippen LogP contribution in [0.4, 0.5) is 26.3 Å². The van der Waals surface area contributed by atoms with Crippen LogP contribution in [0.15, 0.2) is 151 Å². The number of ether oxygens (including phenoxy) is 1. The minimum atomic E-state index is -4.91. The zero-order valence-electron chi connectivity index (χ0n) is 47.7. The maximum absolute atomic E-state index is 13.1. The van der Waals surface area contributed by atoms with Crippen LogP contribution in [0.1, 0.15) is 132 Å². The molecule has 13 heteroatoms. The van der Waals surface area contributed by atoms with Crippen molar-refractivity contribution < 1.29 is 54.7 Å². The monoisotopic (exact) mass is 1160 g/mol. The van der Waals surface area contributed by atoms with Gasteiger partial charge in [-0.15, -0.1) is 0 Å². The number of carbonyl (C=O) groups is 4. The van der Waals surface area contributed by atoms with Crippen LogP contribution in [0.25, 0.3) is 50.8 Å². The summed E-state index contributed by atoms with van der Waals surface area (Å²) in [6, 6.07) is 38.2. The Labute approximate surface area is 490 Å². The molecule has 432 valence electrons. The van der Waals surface area contributed by atoms with Gasteiger partial charge in [-0.1, -0.05) is 125 Å². The molecule has 12 rings (SSSR count). The van der Waals surface area contributed by atoms with E-state index >= 15 is 0 Å². The Hall–Kier alpha value is -8.09. The van der Waals surface area contributed by atoms with Gasteiger partial charge in [0.05, 0.1) is 24.5 Å². The molecule has 8 aromatic rings. The molecule has 0 N–H and O–H groups in total. The molecule has 4 aliphatic carbocycles. The highest BCUT2D eigenvalue weighted by Gasteiger charge is 2.39. The second kappa shape index (κ2) is 24.6. The molecule has 0 amide bonds. The molecule has 0 aliphatic heterocycles. The molecule has 0 saturated carbocycles. The third-order valence-electron chi connectivity index (χ3n) is 16.5. The van der Waals surface area contributed by atoms with Crippen molar-refractivity contribution in [2.45, 2.75) is 92.4 Å². The van der Waals surface area contributed by atoms with Gasteiger partial charge in [-0.05, 0) is 180 Å². The molecule has 1 heterocycles. The van der Waals surface area contributed by atoms with E-state index in [2.05, 4.69) is 31.7 Å². The Bertz CT molecular complexity index is 3810. The van der Waals surface area contributed by atoms with Crippen molar-refractivity contribution in [3.8, 4) is 50.5 Å². The van der Waals surface area contributed by atoms with Gasteiger partial charge >= 0.3 is 12.4 Å². The Balaban J connectivity index is 0.000000136. The van der Waals surface area contributed by atoms with E-state index in [-0.39, 0.29) is 64.0 Å². The molecule has 0 radical (unpaired) electrons. The predicted molar refractivity (Wildman–Crippen MR) is 319 cm³/mol. The van der Waals surface area contributed by atoms with E-state index in [9.17, 15) is 45.5 Å². The highest BCUT2D eigenvalue weighted by atomic mass is 35.5. The third-order valence-corrected chi connectivity index (χ3v) is 16.8. The number of Topliss-reactive ketones (excluding diaryl/α,β-unsaturated/α-hetero) is 4. The highest BCUT2D eigenvalue weighted by Crippen LogP contribution is 2.45. The van der Waals surface area contributed by atoms with Gasteiger partial charge < -0.3 is 9.15 Å². The summed E-state index contributed by atoms with van der Waals surface area (Å²) in [5, 5.41) is 0.724. The van der Waals surface area contributed by atoms with Crippen LogP contribution in [0.5, 0.6) is 5.75 Å². The van der Waals surface area contributed by atoms with Crippen molar-refractivity contribution >= 4 is 40.8 Å². The molecular formula is C71H63ClF6O6. The number of halogens is 7. The topological polar surface area (TPSA) is 90.7 Å². The van der Waals surface area contributed by atoms with E-state index in [1.165, 1.54) is 17.2 Å². The van der Waals surface area contributed by atoms with Crippen molar-refractivity contribution in [3.63, 3.8) is 0 Å². The van der Waals surface area contributed by atoms with E-state index in [1.807, 2.05) is 119 Å². The lowest BCUT2D eigenvalue weighted by atomic mass is 9.91. The first-order chi connectivity index (χ1) is 40.0. The second-order valence-electron chi connectivity index (χ2n) is 22.0. The summed E-state index contributed by atoms with van der Waals surface area (Å²) >= 11 is 6.33. The molecule has 4 aliphatic rings. The molecule has 4 atom stereocenters. The lowest BCUT2D eigenvalue weighted by Gasteiger charge is -2.16.